The molecule has 1 saturated heterocycles. The van der Waals surface area contributed by atoms with Gasteiger partial charge >= 0.3 is 0 Å². The molecule has 1 aliphatic heterocycles. The minimum Gasteiger partial charge on any atom is -0.349 e. The zero-order chi connectivity index (χ0) is 16.1. The molecule has 1 aromatic rings. The third kappa shape index (κ3) is 4.45. The maximum atomic E-state index is 12.6. The predicted octanol–water partition coefficient (Wildman–Crippen LogP) is 1.73. The molecule has 1 aliphatic rings. The highest BCUT2D eigenvalue weighted by molar-refractivity contribution is 6.30. The second kappa shape index (κ2) is 7.61. The number of amides is 2. The highest BCUT2D eigenvalue weighted by Gasteiger charge is 2.26. The van der Waals surface area contributed by atoms with Gasteiger partial charge in [-0.15, -0.1) is 0 Å². The van der Waals surface area contributed by atoms with Gasteiger partial charge < -0.3 is 15.5 Å². The zero-order valence-corrected chi connectivity index (χ0v) is 13.7. The van der Waals surface area contributed by atoms with Crippen molar-refractivity contribution in [2.45, 2.75) is 32.4 Å². The van der Waals surface area contributed by atoms with Crippen LogP contribution in [0, 0.1) is 0 Å². The van der Waals surface area contributed by atoms with Crippen molar-refractivity contribution < 1.29 is 9.59 Å². The normalized spacial score (nSPS) is 19.6. The van der Waals surface area contributed by atoms with Gasteiger partial charge in [-0.3, -0.25) is 9.59 Å². The van der Waals surface area contributed by atoms with Crippen molar-refractivity contribution in [1.82, 2.24) is 15.5 Å². The van der Waals surface area contributed by atoms with E-state index < -0.39 is 0 Å². The lowest BCUT2D eigenvalue weighted by Gasteiger charge is -2.35. The summed E-state index contributed by atoms with van der Waals surface area (Å²) in [4.78, 5) is 25.9. The highest BCUT2D eigenvalue weighted by atomic mass is 35.5. The average Bonchev–Trinajstić information content (AvgIpc) is 2.47. The summed E-state index contributed by atoms with van der Waals surface area (Å²) in [6.07, 6.45) is 0.256. The number of benzene rings is 1. The molecule has 0 aromatic heterocycles. The Balaban J connectivity index is 2.10. The maximum Gasteiger partial charge on any atom is 0.225 e. The van der Waals surface area contributed by atoms with E-state index >= 15 is 0 Å². The van der Waals surface area contributed by atoms with Crippen molar-refractivity contribution in [1.29, 1.82) is 0 Å². The SMILES string of the molecule is CC(=O)NC(CC(=O)N1CCNC[C@H]1C)c1ccc(Cl)cc1. The second-order valence-electron chi connectivity index (χ2n) is 5.65. The molecular weight excluding hydrogens is 302 g/mol. The molecule has 1 unspecified atom stereocenters. The van der Waals surface area contributed by atoms with Gasteiger partial charge in [-0.1, -0.05) is 23.7 Å². The van der Waals surface area contributed by atoms with E-state index in [0.29, 0.717) is 11.6 Å². The molecule has 0 radical (unpaired) electrons. The Hall–Kier alpha value is -1.59. The summed E-state index contributed by atoms with van der Waals surface area (Å²) >= 11 is 5.90. The first-order valence-electron chi connectivity index (χ1n) is 7.50. The lowest BCUT2D eigenvalue weighted by molar-refractivity contribution is -0.134. The van der Waals surface area contributed by atoms with Crippen LogP contribution in [0.5, 0.6) is 0 Å². The Kier molecular flexibility index (Phi) is 5.80. The first-order valence-corrected chi connectivity index (χ1v) is 7.88. The van der Waals surface area contributed by atoms with Crippen LogP contribution in [0.4, 0.5) is 0 Å². The van der Waals surface area contributed by atoms with Gasteiger partial charge in [-0.05, 0) is 24.6 Å². The fraction of sp³-hybridized carbons (Fsp3) is 0.500. The summed E-state index contributed by atoms with van der Waals surface area (Å²) in [5.41, 5.74) is 0.885. The number of halogens is 1. The van der Waals surface area contributed by atoms with Crippen LogP contribution in [-0.4, -0.2) is 42.4 Å². The molecule has 1 fully saturated rings. The van der Waals surface area contributed by atoms with Crippen molar-refractivity contribution in [3.8, 4) is 0 Å². The van der Waals surface area contributed by atoms with Gasteiger partial charge in [0.15, 0.2) is 0 Å². The number of carbonyl (C=O) groups is 2. The van der Waals surface area contributed by atoms with Crippen LogP contribution in [0.25, 0.3) is 0 Å². The Morgan fingerprint density at radius 3 is 2.68 bits per heavy atom. The third-order valence-corrected chi connectivity index (χ3v) is 4.10. The van der Waals surface area contributed by atoms with E-state index in [0.717, 1.165) is 18.7 Å². The first kappa shape index (κ1) is 16.8. The summed E-state index contributed by atoms with van der Waals surface area (Å²) in [6, 6.07) is 7.07. The Morgan fingerprint density at radius 1 is 1.41 bits per heavy atom. The van der Waals surface area contributed by atoms with E-state index in [-0.39, 0.29) is 30.3 Å². The highest BCUT2D eigenvalue weighted by Crippen LogP contribution is 2.21. The summed E-state index contributed by atoms with van der Waals surface area (Å²) in [5, 5.41) is 6.75. The van der Waals surface area contributed by atoms with Crippen LogP contribution in [-0.2, 0) is 9.59 Å². The van der Waals surface area contributed by atoms with Crippen LogP contribution >= 0.6 is 11.6 Å². The van der Waals surface area contributed by atoms with E-state index in [1.54, 1.807) is 12.1 Å². The molecule has 2 atom stereocenters. The molecule has 2 amide bonds. The lowest BCUT2D eigenvalue weighted by Crippen LogP contribution is -2.52. The number of hydrogen-bond acceptors (Lipinski definition) is 3. The quantitative estimate of drug-likeness (QED) is 0.887. The molecule has 0 bridgehead atoms. The first-order chi connectivity index (χ1) is 10.5. The van der Waals surface area contributed by atoms with E-state index in [4.69, 9.17) is 11.6 Å². The monoisotopic (exact) mass is 323 g/mol. The van der Waals surface area contributed by atoms with E-state index in [1.807, 2.05) is 24.0 Å². The molecular formula is C16H22ClN3O2. The van der Waals surface area contributed by atoms with Crippen LogP contribution in [0.3, 0.4) is 0 Å². The minimum absolute atomic E-state index is 0.0581. The van der Waals surface area contributed by atoms with Gasteiger partial charge in [0.2, 0.25) is 11.8 Å². The summed E-state index contributed by atoms with van der Waals surface area (Å²) in [6.45, 7) is 5.80. The predicted molar refractivity (Wildman–Crippen MR) is 86.7 cm³/mol. The van der Waals surface area contributed by atoms with Gasteiger partial charge in [0, 0.05) is 37.6 Å². The Morgan fingerprint density at radius 2 is 2.09 bits per heavy atom. The van der Waals surface area contributed by atoms with Crippen LogP contribution < -0.4 is 10.6 Å². The molecule has 2 N–H and O–H groups in total. The van der Waals surface area contributed by atoms with Crippen LogP contribution in [0.1, 0.15) is 31.9 Å². The molecule has 0 saturated carbocycles. The minimum atomic E-state index is -0.329. The van der Waals surface area contributed by atoms with E-state index in [2.05, 4.69) is 10.6 Å². The standard InChI is InChI=1S/C16H22ClN3O2/c1-11-10-18-7-8-20(11)16(22)9-15(19-12(2)21)13-3-5-14(17)6-4-13/h3-6,11,15,18H,7-10H2,1-2H3,(H,19,21)/t11-,15?/m1/s1. The van der Waals surface area contributed by atoms with Crippen molar-refractivity contribution in [2.75, 3.05) is 19.6 Å². The molecule has 0 spiro atoms. The van der Waals surface area contributed by atoms with Gasteiger partial charge in [0.1, 0.15) is 0 Å². The van der Waals surface area contributed by atoms with Crippen LogP contribution in [0.2, 0.25) is 5.02 Å². The zero-order valence-electron chi connectivity index (χ0n) is 12.9. The van der Waals surface area contributed by atoms with Crippen LogP contribution in [0.15, 0.2) is 24.3 Å². The number of piperazine rings is 1. The fourth-order valence-electron chi connectivity index (χ4n) is 2.70. The maximum absolute atomic E-state index is 12.6. The van der Waals surface area contributed by atoms with Crippen molar-refractivity contribution in [3.05, 3.63) is 34.9 Å². The van der Waals surface area contributed by atoms with Gasteiger partial charge in [-0.25, -0.2) is 0 Å². The Labute approximate surface area is 136 Å². The fourth-order valence-corrected chi connectivity index (χ4v) is 2.82. The van der Waals surface area contributed by atoms with Gasteiger partial charge in [0.25, 0.3) is 0 Å². The van der Waals surface area contributed by atoms with Crippen molar-refractivity contribution >= 4 is 23.4 Å². The molecule has 22 heavy (non-hydrogen) atoms. The molecule has 0 aliphatic carbocycles. The van der Waals surface area contributed by atoms with Crippen molar-refractivity contribution in [3.63, 3.8) is 0 Å². The van der Waals surface area contributed by atoms with E-state index in [9.17, 15) is 9.59 Å². The molecule has 6 heteroatoms. The number of rotatable bonds is 4. The Bertz CT molecular complexity index is 533. The van der Waals surface area contributed by atoms with Gasteiger partial charge in [0.05, 0.1) is 12.5 Å². The smallest absolute Gasteiger partial charge is 0.225 e. The number of hydrogen-bond donors (Lipinski definition) is 2. The summed E-state index contributed by atoms with van der Waals surface area (Å²) in [5.74, 6) is -0.0937. The lowest BCUT2D eigenvalue weighted by atomic mass is 10.0. The van der Waals surface area contributed by atoms with E-state index in [1.165, 1.54) is 6.92 Å². The molecule has 120 valence electrons. The number of nitrogens with one attached hydrogen (secondary N) is 2. The summed E-state index contributed by atoms with van der Waals surface area (Å²) in [7, 11) is 0. The third-order valence-electron chi connectivity index (χ3n) is 3.85. The molecule has 1 aromatic carbocycles. The number of carbonyl (C=O) groups excluding carboxylic acids is 2. The number of nitrogens with zero attached hydrogens (tertiary/aromatic N) is 1. The topological polar surface area (TPSA) is 61.4 Å². The largest absolute Gasteiger partial charge is 0.349 e. The molecule has 2 rings (SSSR count). The molecule has 5 nitrogen and oxygen atoms in total. The molecule has 1 heterocycles. The summed E-state index contributed by atoms with van der Waals surface area (Å²) < 4.78 is 0. The average molecular weight is 324 g/mol. The second-order valence-corrected chi connectivity index (χ2v) is 6.09. The van der Waals surface area contributed by atoms with Gasteiger partial charge in [-0.2, -0.15) is 0 Å². The van der Waals surface area contributed by atoms with Crippen molar-refractivity contribution in [2.24, 2.45) is 0 Å².